The quantitative estimate of drug-likeness (QED) is 0.557. The van der Waals surface area contributed by atoms with E-state index in [0.717, 1.165) is 0 Å². The summed E-state index contributed by atoms with van der Waals surface area (Å²) in [5, 5.41) is 5.84. The molecule has 1 heterocycles. The van der Waals surface area contributed by atoms with E-state index in [1.807, 2.05) is 0 Å². The van der Waals surface area contributed by atoms with E-state index in [2.05, 4.69) is 31.5 Å². The molecule has 0 unspecified atom stereocenters. The fraction of sp³-hybridized carbons (Fsp3) is 0.0588. The van der Waals surface area contributed by atoms with Gasteiger partial charge in [0.2, 0.25) is 5.91 Å². The minimum atomic E-state index is -0.458. The van der Waals surface area contributed by atoms with Crippen LogP contribution >= 0.6 is 27.5 Å². The fourth-order valence-corrected chi connectivity index (χ4v) is 3.03. The summed E-state index contributed by atoms with van der Waals surface area (Å²) in [6.07, 6.45) is 0. The minimum Gasteiger partial charge on any atom is -0.350 e. The Morgan fingerprint density at radius 1 is 1.16 bits per heavy atom. The number of anilines is 2. The van der Waals surface area contributed by atoms with Gasteiger partial charge in [-0.25, -0.2) is 4.39 Å². The molecule has 1 aromatic heterocycles. The van der Waals surface area contributed by atoms with Crippen molar-refractivity contribution in [3.05, 3.63) is 57.4 Å². The van der Waals surface area contributed by atoms with E-state index < -0.39 is 11.7 Å². The smallest absolute Gasteiger partial charge is 0.272 e. The van der Waals surface area contributed by atoms with Gasteiger partial charge in [0.15, 0.2) is 0 Å². The first-order valence-electron chi connectivity index (χ1n) is 7.20. The number of carbonyl (C=O) groups excluding carboxylic acids is 2. The molecule has 2 aromatic carbocycles. The molecule has 0 atom stereocenters. The molecule has 0 spiro atoms. The Morgan fingerprint density at radius 3 is 2.60 bits per heavy atom. The van der Waals surface area contributed by atoms with Crippen molar-refractivity contribution in [1.82, 2.24) is 4.98 Å². The molecule has 3 N–H and O–H groups in total. The average Bonchev–Trinajstić information content (AvgIpc) is 2.93. The SMILES string of the molecule is CC(=O)Nc1ccc(NC(=O)c2cc3c(F)cc(Br)cc3[nH]2)c(Cl)c1. The van der Waals surface area contributed by atoms with E-state index in [9.17, 15) is 14.0 Å². The van der Waals surface area contributed by atoms with Crippen molar-refractivity contribution in [1.29, 1.82) is 0 Å². The second-order valence-corrected chi connectivity index (χ2v) is 6.68. The molecule has 0 saturated heterocycles. The number of aromatic amines is 1. The summed E-state index contributed by atoms with van der Waals surface area (Å²) < 4.78 is 14.5. The van der Waals surface area contributed by atoms with Gasteiger partial charge in [0.05, 0.1) is 16.2 Å². The summed E-state index contributed by atoms with van der Waals surface area (Å²) in [5.41, 5.74) is 1.60. The minimum absolute atomic E-state index is 0.203. The molecule has 3 rings (SSSR count). The lowest BCUT2D eigenvalue weighted by Crippen LogP contribution is -2.13. The molecule has 0 aliphatic heterocycles. The number of carbonyl (C=O) groups is 2. The maximum absolute atomic E-state index is 13.9. The van der Waals surface area contributed by atoms with Crippen LogP contribution in [0, 0.1) is 5.82 Å². The number of halogens is 3. The monoisotopic (exact) mass is 423 g/mol. The van der Waals surface area contributed by atoms with Crippen LogP contribution in [0.2, 0.25) is 5.02 Å². The topological polar surface area (TPSA) is 74.0 Å². The Balaban J connectivity index is 1.85. The standard InChI is InChI=1S/C17H12BrClFN3O2/c1-8(24)21-10-2-3-14(12(19)6-10)23-17(25)16-7-11-13(20)4-9(18)5-15(11)22-16/h2-7,22H,1H3,(H,21,24)(H,23,25). The molecule has 0 radical (unpaired) electrons. The summed E-state index contributed by atoms with van der Waals surface area (Å²) in [6, 6.07) is 9.17. The first-order chi connectivity index (χ1) is 11.8. The molecule has 0 aliphatic carbocycles. The summed E-state index contributed by atoms with van der Waals surface area (Å²) >= 11 is 9.34. The third-order valence-electron chi connectivity index (χ3n) is 3.43. The molecule has 5 nitrogen and oxygen atoms in total. The number of aromatic nitrogens is 1. The van der Waals surface area contributed by atoms with Gasteiger partial charge in [-0.05, 0) is 36.4 Å². The van der Waals surface area contributed by atoms with Crippen molar-refractivity contribution in [3.63, 3.8) is 0 Å². The van der Waals surface area contributed by atoms with Crippen molar-refractivity contribution in [3.8, 4) is 0 Å². The number of rotatable bonds is 3. The van der Waals surface area contributed by atoms with Gasteiger partial charge >= 0.3 is 0 Å². The lowest BCUT2D eigenvalue weighted by atomic mass is 10.2. The first-order valence-corrected chi connectivity index (χ1v) is 8.37. The van der Waals surface area contributed by atoms with Gasteiger partial charge in [-0.15, -0.1) is 0 Å². The van der Waals surface area contributed by atoms with Crippen LogP contribution in [0.3, 0.4) is 0 Å². The zero-order valence-electron chi connectivity index (χ0n) is 12.9. The highest BCUT2D eigenvalue weighted by Crippen LogP contribution is 2.27. The van der Waals surface area contributed by atoms with E-state index in [0.29, 0.717) is 26.8 Å². The van der Waals surface area contributed by atoms with Gasteiger partial charge in [-0.3, -0.25) is 9.59 Å². The zero-order chi connectivity index (χ0) is 18.1. The highest BCUT2D eigenvalue weighted by molar-refractivity contribution is 9.10. The molecular weight excluding hydrogens is 413 g/mol. The van der Waals surface area contributed by atoms with Crippen molar-refractivity contribution < 1.29 is 14.0 Å². The van der Waals surface area contributed by atoms with Crippen LogP contribution < -0.4 is 10.6 Å². The molecular formula is C17H12BrClFN3O2. The van der Waals surface area contributed by atoms with Gasteiger partial charge < -0.3 is 15.6 Å². The largest absolute Gasteiger partial charge is 0.350 e. The second kappa shape index (κ2) is 6.85. The van der Waals surface area contributed by atoms with E-state index in [1.54, 1.807) is 18.2 Å². The van der Waals surface area contributed by atoms with Crippen molar-refractivity contribution >= 4 is 61.6 Å². The van der Waals surface area contributed by atoms with Gasteiger partial charge in [0.25, 0.3) is 5.91 Å². The third-order valence-corrected chi connectivity index (χ3v) is 4.21. The Morgan fingerprint density at radius 2 is 1.92 bits per heavy atom. The van der Waals surface area contributed by atoms with Crippen molar-refractivity contribution in [2.45, 2.75) is 6.92 Å². The Bertz CT molecular complexity index is 1000. The molecule has 0 aliphatic rings. The van der Waals surface area contributed by atoms with Gasteiger partial charge in [0, 0.05) is 22.5 Å². The fourth-order valence-electron chi connectivity index (χ4n) is 2.37. The number of H-pyrrole nitrogens is 1. The maximum Gasteiger partial charge on any atom is 0.272 e. The molecule has 0 saturated carbocycles. The molecule has 8 heteroatoms. The van der Waals surface area contributed by atoms with Crippen LogP contribution in [-0.2, 0) is 4.79 Å². The molecule has 25 heavy (non-hydrogen) atoms. The third kappa shape index (κ3) is 3.83. The van der Waals surface area contributed by atoms with E-state index in [-0.39, 0.29) is 16.6 Å². The van der Waals surface area contributed by atoms with Gasteiger partial charge in [0.1, 0.15) is 11.5 Å². The zero-order valence-corrected chi connectivity index (χ0v) is 15.3. The van der Waals surface area contributed by atoms with Crippen LogP contribution in [0.25, 0.3) is 10.9 Å². The summed E-state index contributed by atoms with van der Waals surface area (Å²) in [4.78, 5) is 26.3. The van der Waals surface area contributed by atoms with E-state index in [4.69, 9.17) is 11.6 Å². The van der Waals surface area contributed by atoms with Crippen LogP contribution in [0.15, 0.2) is 40.9 Å². The number of amides is 2. The van der Waals surface area contributed by atoms with Crippen LogP contribution in [-0.4, -0.2) is 16.8 Å². The number of benzene rings is 2. The molecule has 128 valence electrons. The van der Waals surface area contributed by atoms with Crippen molar-refractivity contribution in [2.75, 3.05) is 10.6 Å². The first kappa shape index (κ1) is 17.4. The lowest BCUT2D eigenvalue weighted by molar-refractivity contribution is -0.114. The highest BCUT2D eigenvalue weighted by Gasteiger charge is 2.14. The second-order valence-electron chi connectivity index (χ2n) is 5.36. The predicted octanol–water partition coefficient (Wildman–Crippen LogP) is 4.93. The normalized spacial score (nSPS) is 10.7. The Hall–Kier alpha value is -2.38. The molecule has 0 fully saturated rings. The highest BCUT2D eigenvalue weighted by atomic mass is 79.9. The molecule has 2 amide bonds. The number of hydrogen-bond acceptors (Lipinski definition) is 2. The lowest BCUT2D eigenvalue weighted by Gasteiger charge is -2.08. The summed E-state index contributed by atoms with van der Waals surface area (Å²) in [6.45, 7) is 1.39. The average molecular weight is 425 g/mol. The number of fused-ring (bicyclic) bond motifs is 1. The summed E-state index contributed by atoms with van der Waals surface area (Å²) in [7, 11) is 0. The number of hydrogen-bond donors (Lipinski definition) is 3. The van der Waals surface area contributed by atoms with Gasteiger partial charge in [-0.1, -0.05) is 27.5 Å². The Labute approximate surface area is 155 Å². The Kier molecular flexibility index (Phi) is 4.78. The maximum atomic E-state index is 13.9. The number of nitrogens with one attached hydrogen (secondary N) is 3. The van der Waals surface area contributed by atoms with E-state index >= 15 is 0 Å². The van der Waals surface area contributed by atoms with Crippen LogP contribution in [0.1, 0.15) is 17.4 Å². The summed E-state index contributed by atoms with van der Waals surface area (Å²) in [5.74, 6) is -1.11. The van der Waals surface area contributed by atoms with E-state index in [1.165, 1.54) is 25.1 Å². The van der Waals surface area contributed by atoms with Gasteiger partial charge in [-0.2, -0.15) is 0 Å². The van der Waals surface area contributed by atoms with Crippen LogP contribution in [0.5, 0.6) is 0 Å². The van der Waals surface area contributed by atoms with Crippen LogP contribution in [0.4, 0.5) is 15.8 Å². The predicted molar refractivity (Wildman–Crippen MR) is 99.7 cm³/mol. The van der Waals surface area contributed by atoms with Crippen molar-refractivity contribution in [2.24, 2.45) is 0 Å². The molecule has 0 bridgehead atoms. The molecule has 3 aromatic rings.